The largest absolute Gasteiger partial charge is 0.374 e. The fourth-order valence-electron chi connectivity index (χ4n) is 3.71. The average Bonchev–Trinajstić information content (AvgIpc) is 3.26. The van der Waals surface area contributed by atoms with Gasteiger partial charge in [0.05, 0.1) is 43.9 Å². The molecule has 3 heterocycles. The number of thiazole rings is 1. The van der Waals surface area contributed by atoms with Crippen molar-refractivity contribution in [3.8, 4) is 0 Å². The standard InChI is InChI=1S/C17H21N3O2S/c1-2-14(10-18-5-1)20-7-8-22-17-13(3-4-15(17)20)11-21-12-16-19-6-9-23-16/h1-2,5-6,9-10,13,15,17H,3-4,7-8,11-12H2/t13-,15+,17-/m1/s1. The molecule has 1 saturated heterocycles. The molecular weight excluding hydrogens is 310 g/mol. The van der Waals surface area contributed by atoms with Gasteiger partial charge in [0.1, 0.15) is 5.01 Å². The molecule has 1 aliphatic heterocycles. The summed E-state index contributed by atoms with van der Waals surface area (Å²) in [6, 6.07) is 4.59. The van der Waals surface area contributed by atoms with E-state index in [9.17, 15) is 0 Å². The van der Waals surface area contributed by atoms with Gasteiger partial charge in [-0.15, -0.1) is 11.3 Å². The van der Waals surface area contributed by atoms with Crippen LogP contribution in [0.2, 0.25) is 0 Å². The topological polar surface area (TPSA) is 47.5 Å². The second-order valence-electron chi connectivity index (χ2n) is 6.09. The molecular formula is C17H21N3O2S. The van der Waals surface area contributed by atoms with Gasteiger partial charge in [0, 0.05) is 30.2 Å². The van der Waals surface area contributed by atoms with Gasteiger partial charge < -0.3 is 14.4 Å². The third kappa shape index (κ3) is 3.24. The number of fused-ring (bicyclic) bond motifs is 1. The molecule has 122 valence electrons. The van der Waals surface area contributed by atoms with Gasteiger partial charge in [0.15, 0.2) is 0 Å². The third-order valence-corrected chi connectivity index (χ3v) is 5.49. The predicted molar refractivity (Wildman–Crippen MR) is 89.6 cm³/mol. The summed E-state index contributed by atoms with van der Waals surface area (Å²) in [5, 5.41) is 3.03. The lowest BCUT2D eigenvalue weighted by Crippen LogP contribution is -2.51. The second kappa shape index (κ2) is 6.95. The van der Waals surface area contributed by atoms with Crippen molar-refractivity contribution >= 4 is 17.0 Å². The molecule has 2 fully saturated rings. The zero-order valence-corrected chi connectivity index (χ0v) is 13.8. The molecule has 3 atom stereocenters. The number of nitrogens with zero attached hydrogens (tertiary/aromatic N) is 3. The Kier molecular flexibility index (Phi) is 4.55. The van der Waals surface area contributed by atoms with Gasteiger partial charge >= 0.3 is 0 Å². The van der Waals surface area contributed by atoms with Crippen molar-refractivity contribution < 1.29 is 9.47 Å². The summed E-state index contributed by atoms with van der Waals surface area (Å²) in [7, 11) is 0. The van der Waals surface area contributed by atoms with Crippen molar-refractivity contribution in [2.24, 2.45) is 5.92 Å². The van der Waals surface area contributed by atoms with Crippen molar-refractivity contribution in [1.29, 1.82) is 0 Å². The van der Waals surface area contributed by atoms with Gasteiger partial charge in [-0.3, -0.25) is 4.98 Å². The van der Waals surface area contributed by atoms with Crippen LogP contribution in [0.1, 0.15) is 17.8 Å². The Morgan fingerprint density at radius 1 is 1.35 bits per heavy atom. The van der Waals surface area contributed by atoms with E-state index < -0.39 is 0 Å². The lowest BCUT2D eigenvalue weighted by molar-refractivity contribution is -0.0307. The summed E-state index contributed by atoms with van der Waals surface area (Å²) in [4.78, 5) is 11.0. The molecule has 2 aromatic rings. The van der Waals surface area contributed by atoms with Crippen molar-refractivity contribution in [3.63, 3.8) is 0 Å². The molecule has 5 nitrogen and oxygen atoms in total. The SMILES string of the molecule is c1cncc(N2CCO[C@@H]3[C@@H](COCc4nccs4)CC[C@@H]32)c1. The molecule has 0 radical (unpaired) electrons. The Bertz CT molecular complexity index is 608. The summed E-state index contributed by atoms with van der Waals surface area (Å²) in [5.41, 5.74) is 1.20. The Labute approximate surface area is 140 Å². The van der Waals surface area contributed by atoms with Gasteiger partial charge in [0.2, 0.25) is 0 Å². The molecule has 6 heteroatoms. The van der Waals surface area contributed by atoms with Gasteiger partial charge in [0.25, 0.3) is 0 Å². The Hall–Kier alpha value is -1.50. The number of pyridine rings is 1. The minimum Gasteiger partial charge on any atom is -0.374 e. The summed E-state index contributed by atoms with van der Waals surface area (Å²) >= 11 is 1.64. The number of hydrogen-bond acceptors (Lipinski definition) is 6. The second-order valence-corrected chi connectivity index (χ2v) is 7.06. The Morgan fingerprint density at radius 3 is 3.17 bits per heavy atom. The highest BCUT2D eigenvalue weighted by Crippen LogP contribution is 2.37. The molecule has 4 rings (SSSR count). The number of rotatable bonds is 5. The van der Waals surface area contributed by atoms with Crippen LogP contribution in [-0.4, -0.2) is 41.9 Å². The molecule has 1 saturated carbocycles. The van der Waals surface area contributed by atoms with E-state index in [2.05, 4.69) is 20.9 Å². The van der Waals surface area contributed by atoms with Crippen LogP contribution in [0.5, 0.6) is 0 Å². The minimum absolute atomic E-state index is 0.264. The third-order valence-electron chi connectivity index (χ3n) is 4.74. The fraction of sp³-hybridized carbons (Fsp3) is 0.529. The van der Waals surface area contributed by atoms with E-state index in [4.69, 9.17) is 9.47 Å². The average molecular weight is 331 g/mol. The maximum absolute atomic E-state index is 6.10. The predicted octanol–water partition coefficient (Wildman–Crippen LogP) is 2.74. The van der Waals surface area contributed by atoms with Crippen LogP contribution >= 0.6 is 11.3 Å². The van der Waals surface area contributed by atoms with E-state index in [1.807, 2.05) is 30.0 Å². The van der Waals surface area contributed by atoms with E-state index in [1.54, 1.807) is 11.3 Å². The zero-order valence-electron chi connectivity index (χ0n) is 13.0. The molecule has 0 amide bonds. The zero-order chi connectivity index (χ0) is 15.5. The van der Waals surface area contributed by atoms with Gasteiger partial charge in [-0.25, -0.2) is 4.98 Å². The number of hydrogen-bond donors (Lipinski definition) is 0. The first-order valence-corrected chi connectivity index (χ1v) is 9.04. The van der Waals surface area contributed by atoms with E-state index in [1.165, 1.54) is 5.69 Å². The van der Waals surface area contributed by atoms with Crippen LogP contribution in [0.4, 0.5) is 5.69 Å². The first-order chi connectivity index (χ1) is 11.4. The minimum atomic E-state index is 0.264. The molecule has 2 aliphatic rings. The van der Waals surface area contributed by atoms with E-state index >= 15 is 0 Å². The van der Waals surface area contributed by atoms with Crippen LogP contribution in [0.3, 0.4) is 0 Å². The molecule has 0 aromatic carbocycles. The monoisotopic (exact) mass is 331 g/mol. The molecule has 1 aliphatic carbocycles. The maximum Gasteiger partial charge on any atom is 0.118 e. The highest BCUT2D eigenvalue weighted by atomic mass is 32.1. The molecule has 2 aromatic heterocycles. The van der Waals surface area contributed by atoms with Crippen molar-refractivity contribution in [2.45, 2.75) is 31.6 Å². The summed E-state index contributed by atoms with van der Waals surface area (Å²) in [6.07, 6.45) is 8.18. The number of morpholine rings is 1. The van der Waals surface area contributed by atoms with Crippen molar-refractivity contribution in [1.82, 2.24) is 9.97 Å². The quantitative estimate of drug-likeness (QED) is 0.843. The number of anilines is 1. The maximum atomic E-state index is 6.10. The smallest absolute Gasteiger partial charge is 0.118 e. The molecule has 0 N–H and O–H groups in total. The van der Waals surface area contributed by atoms with Gasteiger partial charge in [-0.1, -0.05) is 0 Å². The Morgan fingerprint density at radius 2 is 2.35 bits per heavy atom. The first-order valence-electron chi connectivity index (χ1n) is 8.16. The molecule has 0 unspecified atom stereocenters. The van der Waals surface area contributed by atoms with Crippen LogP contribution in [0.25, 0.3) is 0 Å². The lowest BCUT2D eigenvalue weighted by Gasteiger charge is -2.40. The molecule has 23 heavy (non-hydrogen) atoms. The fourth-order valence-corrected chi connectivity index (χ4v) is 4.26. The van der Waals surface area contributed by atoms with E-state index in [-0.39, 0.29) is 6.10 Å². The number of aromatic nitrogens is 2. The van der Waals surface area contributed by atoms with Crippen LogP contribution in [0.15, 0.2) is 36.1 Å². The van der Waals surface area contributed by atoms with Crippen molar-refractivity contribution in [2.75, 3.05) is 24.7 Å². The molecule has 0 spiro atoms. The van der Waals surface area contributed by atoms with Crippen molar-refractivity contribution in [3.05, 3.63) is 41.1 Å². The molecule has 0 bridgehead atoms. The van der Waals surface area contributed by atoms with Crippen LogP contribution < -0.4 is 4.90 Å². The van der Waals surface area contributed by atoms with Gasteiger partial charge in [-0.2, -0.15) is 0 Å². The van der Waals surface area contributed by atoms with Gasteiger partial charge in [-0.05, 0) is 25.0 Å². The number of ether oxygens (including phenoxy) is 2. The lowest BCUT2D eigenvalue weighted by atomic mass is 10.0. The highest BCUT2D eigenvalue weighted by Gasteiger charge is 2.42. The normalized spacial score (nSPS) is 27.1. The summed E-state index contributed by atoms with van der Waals surface area (Å²) in [5.74, 6) is 0.472. The summed E-state index contributed by atoms with van der Waals surface area (Å²) in [6.45, 7) is 3.08. The highest BCUT2D eigenvalue weighted by molar-refractivity contribution is 7.09. The summed E-state index contributed by atoms with van der Waals surface area (Å²) < 4.78 is 12.0. The van der Waals surface area contributed by atoms with Crippen LogP contribution in [0, 0.1) is 5.92 Å². The Balaban J connectivity index is 1.37. The van der Waals surface area contributed by atoms with E-state index in [0.717, 1.165) is 37.6 Å². The van der Waals surface area contributed by atoms with Crippen LogP contribution in [-0.2, 0) is 16.1 Å². The first kappa shape index (κ1) is 15.1. The van der Waals surface area contributed by atoms with E-state index in [0.29, 0.717) is 18.6 Å².